The van der Waals surface area contributed by atoms with Crippen LogP contribution in [0.4, 0.5) is 5.69 Å². The minimum atomic E-state index is -0.984. The van der Waals surface area contributed by atoms with Crippen LogP contribution in [0, 0.1) is 13.8 Å². The van der Waals surface area contributed by atoms with Gasteiger partial charge in [0.05, 0.1) is 15.6 Å². The molecule has 31 heavy (non-hydrogen) atoms. The van der Waals surface area contributed by atoms with Gasteiger partial charge in [-0.05, 0) is 61.9 Å². The lowest BCUT2D eigenvalue weighted by Crippen LogP contribution is -2.29. The van der Waals surface area contributed by atoms with Gasteiger partial charge in [-0.1, -0.05) is 40.9 Å². The van der Waals surface area contributed by atoms with Crippen LogP contribution in [-0.2, 0) is 9.59 Å². The SMILES string of the molecule is Cc1ccc(C2/C(=C(/O)c3ccc(Cl)c(Cl)c3)C(=O)C(=O)N2c2ccc(C)c(Cl)c2)o1. The van der Waals surface area contributed by atoms with E-state index in [1.165, 1.54) is 23.1 Å². The van der Waals surface area contributed by atoms with E-state index in [1.807, 2.05) is 6.92 Å². The molecule has 1 unspecified atom stereocenters. The second-order valence-electron chi connectivity index (χ2n) is 7.18. The van der Waals surface area contributed by atoms with E-state index in [9.17, 15) is 14.7 Å². The number of halogens is 3. The van der Waals surface area contributed by atoms with E-state index in [0.29, 0.717) is 27.3 Å². The number of aryl methyl sites for hydroxylation is 2. The third kappa shape index (κ3) is 3.74. The van der Waals surface area contributed by atoms with Crippen molar-refractivity contribution in [3.63, 3.8) is 0 Å². The predicted octanol–water partition coefficient (Wildman–Crippen LogP) is 6.48. The topological polar surface area (TPSA) is 70.8 Å². The Morgan fingerprint density at radius 3 is 2.29 bits per heavy atom. The molecule has 0 radical (unpaired) electrons. The van der Waals surface area contributed by atoms with Gasteiger partial charge in [-0.25, -0.2) is 0 Å². The molecule has 5 nitrogen and oxygen atoms in total. The maximum absolute atomic E-state index is 13.1. The monoisotopic (exact) mass is 475 g/mol. The molecule has 1 aliphatic heterocycles. The molecule has 4 rings (SSSR count). The number of Topliss-reactive ketones (excluding diaryl/α,β-unsaturated/α-hetero) is 1. The van der Waals surface area contributed by atoms with E-state index in [-0.39, 0.29) is 21.9 Å². The van der Waals surface area contributed by atoms with Crippen LogP contribution in [0.3, 0.4) is 0 Å². The van der Waals surface area contributed by atoms with E-state index in [2.05, 4.69) is 0 Å². The average Bonchev–Trinajstić information content (AvgIpc) is 3.27. The highest BCUT2D eigenvalue weighted by molar-refractivity contribution is 6.52. The van der Waals surface area contributed by atoms with Gasteiger partial charge in [0.15, 0.2) is 0 Å². The Bertz CT molecular complexity index is 1260. The minimum Gasteiger partial charge on any atom is -0.507 e. The molecule has 1 N–H and O–H groups in total. The maximum atomic E-state index is 13.1. The predicted molar refractivity (Wildman–Crippen MR) is 121 cm³/mol. The Morgan fingerprint density at radius 2 is 1.68 bits per heavy atom. The second kappa shape index (κ2) is 8.08. The van der Waals surface area contributed by atoms with Crippen LogP contribution >= 0.6 is 34.8 Å². The van der Waals surface area contributed by atoms with Gasteiger partial charge in [0.1, 0.15) is 23.3 Å². The highest BCUT2D eigenvalue weighted by Crippen LogP contribution is 2.43. The van der Waals surface area contributed by atoms with Crippen molar-refractivity contribution in [2.75, 3.05) is 4.90 Å². The van der Waals surface area contributed by atoms with Crippen molar-refractivity contribution in [2.24, 2.45) is 0 Å². The number of nitrogens with zero attached hydrogens (tertiary/aromatic N) is 1. The first kappa shape index (κ1) is 21.5. The summed E-state index contributed by atoms with van der Waals surface area (Å²) < 4.78 is 5.76. The molecule has 1 atom stereocenters. The first-order valence-corrected chi connectivity index (χ1v) is 10.4. The third-order valence-corrected chi connectivity index (χ3v) is 6.25. The maximum Gasteiger partial charge on any atom is 0.300 e. The fourth-order valence-electron chi connectivity index (χ4n) is 3.50. The number of aliphatic hydroxyl groups excluding tert-OH is 1. The number of ketones is 1. The number of carbonyl (C=O) groups excluding carboxylic acids is 2. The summed E-state index contributed by atoms with van der Waals surface area (Å²) in [7, 11) is 0. The van der Waals surface area contributed by atoms with Crippen molar-refractivity contribution in [3.8, 4) is 0 Å². The van der Waals surface area contributed by atoms with E-state index in [0.717, 1.165) is 5.56 Å². The van der Waals surface area contributed by atoms with Gasteiger partial charge in [0.25, 0.3) is 11.7 Å². The minimum absolute atomic E-state index is 0.116. The molecule has 0 saturated carbocycles. The van der Waals surface area contributed by atoms with Crippen molar-refractivity contribution < 1.29 is 19.1 Å². The summed E-state index contributed by atoms with van der Waals surface area (Å²) in [5.74, 6) is -1.11. The van der Waals surface area contributed by atoms with Crippen LogP contribution in [0.2, 0.25) is 15.1 Å². The Balaban J connectivity index is 1.95. The van der Waals surface area contributed by atoms with E-state index in [1.54, 1.807) is 37.3 Å². The van der Waals surface area contributed by atoms with Crippen LogP contribution < -0.4 is 4.90 Å². The summed E-state index contributed by atoms with van der Waals surface area (Å²) in [6.07, 6.45) is 0. The van der Waals surface area contributed by atoms with Crippen molar-refractivity contribution in [2.45, 2.75) is 19.9 Å². The highest BCUT2D eigenvalue weighted by atomic mass is 35.5. The van der Waals surface area contributed by atoms with Gasteiger partial charge in [-0.15, -0.1) is 0 Å². The van der Waals surface area contributed by atoms with Crippen LogP contribution in [0.5, 0.6) is 0 Å². The molecular weight excluding hydrogens is 461 g/mol. The smallest absolute Gasteiger partial charge is 0.300 e. The number of furan rings is 1. The Hall–Kier alpha value is -2.73. The number of aliphatic hydroxyl groups is 1. The lowest BCUT2D eigenvalue weighted by atomic mass is 9.99. The number of carbonyl (C=O) groups is 2. The van der Waals surface area contributed by atoms with Crippen LogP contribution in [0.25, 0.3) is 5.76 Å². The summed E-state index contributed by atoms with van der Waals surface area (Å²) >= 11 is 18.3. The fourth-order valence-corrected chi connectivity index (χ4v) is 3.97. The average molecular weight is 477 g/mol. The van der Waals surface area contributed by atoms with Gasteiger partial charge in [-0.3, -0.25) is 14.5 Å². The Labute approximate surface area is 193 Å². The molecule has 1 amide bonds. The van der Waals surface area contributed by atoms with Gasteiger partial charge in [0, 0.05) is 16.3 Å². The van der Waals surface area contributed by atoms with Crippen LogP contribution in [0.1, 0.15) is 28.7 Å². The number of benzene rings is 2. The molecule has 3 aromatic rings. The van der Waals surface area contributed by atoms with Crippen molar-refractivity contribution >= 4 is 57.9 Å². The van der Waals surface area contributed by atoms with Gasteiger partial charge < -0.3 is 9.52 Å². The first-order chi connectivity index (χ1) is 14.7. The zero-order valence-corrected chi connectivity index (χ0v) is 18.7. The first-order valence-electron chi connectivity index (χ1n) is 9.28. The van der Waals surface area contributed by atoms with E-state index < -0.39 is 17.7 Å². The molecule has 0 aliphatic carbocycles. The molecule has 2 aromatic carbocycles. The molecule has 8 heteroatoms. The third-order valence-electron chi connectivity index (χ3n) is 5.10. The normalized spacial score (nSPS) is 18.1. The lowest BCUT2D eigenvalue weighted by molar-refractivity contribution is -0.132. The number of anilines is 1. The number of hydrogen-bond acceptors (Lipinski definition) is 4. The molecule has 1 aliphatic rings. The zero-order valence-electron chi connectivity index (χ0n) is 16.4. The van der Waals surface area contributed by atoms with Crippen molar-refractivity contribution in [1.82, 2.24) is 0 Å². The van der Waals surface area contributed by atoms with Gasteiger partial charge in [0.2, 0.25) is 0 Å². The zero-order chi connectivity index (χ0) is 22.4. The molecule has 0 spiro atoms. The summed E-state index contributed by atoms with van der Waals surface area (Å²) in [5, 5.41) is 12.0. The number of amides is 1. The molecule has 0 bridgehead atoms. The fraction of sp³-hybridized carbons (Fsp3) is 0.130. The molecule has 1 fully saturated rings. The van der Waals surface area contributed by atoms with Crippen molar-refractivity contribution in [3.05, 3.63) is 91.8 Å². The van der Waals surface area contributed by atoms with E-state index >= 15 is 0 Å². The molecule has 1 saturated heterocycles. The molecule has 2 heterocycles. The second-order valence-corrected chi connectivity index (χ2v) is 8.40. The Kier molecular flexibility index (Phi) is 5.60. The number of rotatable bonds is 3. The summed E-state index contributed by atoms with van der Waals surface area (Å²) in [4.78, 5) is 27.4. The summed E-state index contributed by atoms with van der Waals surface area (Å²) in [6, 6.07) is 11.9. The molecular formula is C23H16Cl3NO4. The van der Waals surface area contributed by atoms with Gasteiger partial charge >= 0.3 is 0 Å². The molecule has 158 valence electrons. The lowest BCUT2D eigenvalue weighted by Gasteiger charge is -2.24. The summed E-state index contributed by atoms with van der Waals surface area (Å²) in [5.41, 5.74) is 1.37. The highest BCUT2D eigenvalue weighted by Gasteiger charge is 2.48. The summed E-state index contributed by atoms with van der Waals surface area (Å²) in [6.45, 7) is 3.58. The quantitative estimate of drug-likeness (QED) is 0.267. The van der Waals surface area contributed by atoms with E-state index in [4.69, 9.17) is 39.2 Å². The molecule has 1 aromatic heterocycles. The number of hydrogen-bond donors (Lipinski definition) is 1. The van der Waals surface area contributed by atoms with Crippen LogP contribution in [0.15, 0.2) is 58.5 Å². The largest absolute Gasteiger partial charge is 0.507 e. The Morgan fingerprint density at radius 1 is 0.935 bits per heavy atom. The van der Waals surface area contributed by atoms with Gasteiger partial charge in [-0.2, -0.15) is 0 Å². The standard InChI is InChI=1S/C23H16Cl3NO4/c1-11-3-6-14(10-16(11)25)27-20(18-8-4-12(2)31-18)19(22(29)23(27)30)21(28)13-5-7-15(24)17(26)9-13/h3-10,20,28H,1-2H3/b21-19-. The van der Waals surface area contributed by atoms with Crippen molar-refractivity contribution in [1.29, 1.82) is 0 Å². The van der Waals surface area contributed by atoms with Crippen LogP contribution in [-0.4, -0.2) is 16.8 Å².